The van der Waals surface area contributed by atoms with Crippen molar-refractivity contribution in [2.75, 3.05) is 17.2 Å². The summed E-state index contributed by atoms with van der Waals surface area (Å²) < 4.78 is 13.0. The molecule has 0 radical (unpaired) electrons. The van der Waals surface area contributed by atoms with E-state index >= 15 is 0 Å². The maximum absolute atomic E-state index is 13.0. The van der Waals surface area contributed by atoms with Crippen LogP contribution in [0.3, 0.4) is 0 Å². The number of carbonyl (C=O) groups is 1. The van der Waals surface area contributed by atoms with Crippen LogP contribution in [0.2, 0.25) is 5.02 Å². The minimum Gasteiger partial charge on any atom is -0.311 e. The molecule has 0 saturated carbocycles. The van der Waals surface area contributed by atoms with Gasteiger partial charge in [0, 0.05) is 22.2 Å². The van der Waals surface area contributed by atoms with Crippen LogP contribution in [-0.2, 0) is 4.79 Å². The van der Waals surface area contributed by atoms with E-state index in [1.807, 2.05) is 18.2 Å². The summed E-state index contributed by atoms with van der Waals surface area (Å²) in [5.41, 5.74) is 0.586. The third kappa shape index (κ3) is 5.27. The molecule has 6 heteroatoms. The molecule has 1 amide bonds. The number of nitrogens with zero attached hydrogens (tertiary/aromatic N) is 2. The van der Waals surface area contributed by atoms with Gasteiger partial charge in [-0.05, 0) is 48.5 Å². The summed E-state index contributed by atoms with van der Waals surface area (Å²) in [5, 5.41) is 9.40. The molecule has 0 saturated heterocycles. The Labute approximate surface area is 143 Å². The molecule has 0 spiro atoms. The molecule has 0 N–H and O–H groups in total. The van der Waals surface area contributed by atoms with Gasteiger partial charge in [-0.3, -0.25) is 4.79 Å². The summed E-state index contributed by atoms with van der Waals surface area (Å²) in [6.07, 6.45) is 0.217. The van der Waals surface area contributed by atoms with E-state index in [0.717, 1.165) is 4.90 Å². The SMILES string of the molecule is N#CCCN(C(=O)CSc1ccc(Cl)cc1)c1ccc(F)cc1. The highest BCUT2D eigenvalue weighted by Crippen LogP contribution is 2.22. The molecule has 0 aliphatic heterocycles. The smallest absolute Gasteiger partial charge is 0.237 e. The van der Waals surface area contributed by atoms with Crippen molar-refractivity contribution in [1.29, 1.82) is 5.26 Å². The van der Waals surface area contributed by atoms with Crippen LogP contribution in [0.15, 0.2) is 53.4 Å². The fraction of sp³-hybridized carbons (Fsp3) is 0.176. The first-order valence-corrected chi connectivity index (χ1v) is 8.28. The molecular weight excluding hydrogens is 335 g/mol. The number of carbonyl (C=O) groups excluding carboxylic acids is 1. The molecule has 0 aliphatic carbocycles. The number of hydrogen-bond donors (Lipinski definition) is 0. The second kappa shape index (κ2) is 8.56. The van der Waals surface area contributed by atoms with Crippen LogP contribution in [0, 0.1) is 17.1 Å². The molecule has 2 aromatic rings. The zero-order valence-electron chi connectivity index (χ0n) is 12.2. The van der Waals surface area contributed by atoms with Crippen molar-refractivity contribution in [2.45, 2.75) is 11.3 Å². The minimum absolute atomic E-state index is 0.133. The second-order valence-corrected chi connectivity index (χ2v) is 6.16. The Balaban J connectivity index is 2.05. The molecule has 0 unspecified atom stereocenters. The summed E-state index contributed by atoms with van der Waals surface area (Å²) in [6.45, 7) is 0.280. The largest absolute Gasteiger partial charge is 0.311 e. The molecule has 0 fully saturated rings. The number of anilines is 1. The number of amides is 1. The monoisotopic (exact) mass is 348 g/mol. The Hall–Kier alpha value is -2.03. The predicted octanol–water partition coefficient (Wildman–Crippen LogP) is 4.52. The summed E-state index contributed by atoms with van der Waals surface area (Å²) in [6, 6.07) is 14.9. The van der Waals surface area contributed by atoms with E-state index in [2.05, 4.69) is 0 Å². The molecule has 0 bridgehead atoms. The number of nitriles is 1. The third-order valence-corrected chi connectivity index (χ3v) is 4.31. The van der Waals surface area contributed by atoms with Gasteiger partial charge in [0.25, 0.3) is 0 Å². The van der Waals surface area contributed by atoms with Gasteiger partial charge < -0.3 is 4.90 Å². The molecule has 2 aromatic carbocycles. The van der Waals surface area contributed by atoms with Crippen LogP contribution in [0.4, 0.5) is 10.1 Å². The lowest BCUT2D eigenvalue weighted by atomic mass is 10.2. The number of benzene rings is 2. The standard InChI is InChI=1S/C17H14ClFN2OS/c18-13-2-8-16(9-3-13)23-12-17(22)21(11-1-10-20)15-6-4-14(19)5-7-15/h2-9H,1,11-12H2. The van der Waals surface area contributed by atoms with Gasteiger partial charge in [-0.15, -0.1) is 11.8 Å². The van der Waals surface area contributed by atoms with E-state index in [4.69, 9.17) is 16.9 Å². The van der Waals surface area contributed by atoms with Gasteiger partial charge in [0.2, 0.25) is 5.91 Å². The fourth-order valence-electron chi connectivity index (χ4n) is 1.93. The van der Waals surface area contributed by atoms with Gasteiger partial charge in [0.05, 0.1) is 18.2 Å². The molecule has 23 heavy (non-hydrogen) atoms. The highest BCUT2D eigenvalue weighted by molar-refractivity contribution is 8.00. The van der Waals surface area contributed by atoms with Crippen LogP contribution in [0.5, 0.6) is 0 Å². The van der Waals surface area contributed by atoms with Gasteiger partial charge in [0.1, 0.15) is 5.82 Å². The van der Waals surface area contributed by atoms with E-state index in [1.165, 1.54) is 40.9 Å². The molecule has 0 aromatic heterocycles. The summed E-state index contributed by atoms with van der Waals surface area (Å²) in [7, 11) is 0. The Kier molecular flexibility index (Phi) is 6.45. The van der Waals surface area contributed by atoms with Gasteiger partial charge in [-0.25, -0.2) is 4.39 Å². The van der Waals surface area contributed by atoms with Crippen LogP contribution in [-0.4, -0.2) is 18.2 Å². The molecule has 2 rings (SSSR count). The average molecular weight is 349 g/mol. The van der Waals surface area contributed by atoms with Crippen molar-refractivity contribution in [2.24, 2.45) is 0 Å². The topological polar surface area (TPSA) is 44.1 Å². The van der Waals surface area contributed by atoms with Gasteiger partial charge in [-0.1, -0.05) is 11.6 Å². The highest BCUT2D eigenvalue weighted by Gasteiger charge is 2.16. The minimum atomic E-state index is -0.364. The molecular formula is C17H14ClFN2OS. The summed E-state index contributed by atoms with van der Waals surface area (Å²) in [4.78, 5) is 14.9. The number of hydrogen-bond acceptors (Lipinski definition) is 3. The van der Waals surface area contributed by atoms with E-state index < -0.39 is 0 Å². The molecule has 0 heterocycles. The second-order valence-electron chi connectivity index (χ2n) is 4.67. The molecule has 118 valence electrons. The lowest BCUT2D eigenvalue weighted by Crippen LogP contribution is -2.33. The van der Waals surface area contributed by atoms with E-state index in [1.54, 1.807) is 12.1 Å². The maximum atomic E-state index is 13.0. The maximum Gasteiger partial charge on any atom is 0.237 e. The number of rotatable bonds is 6. The van der Waals surface area contributed by atoms with Crippen molar-refractivity contribution in [3.63, 3.8) is 0 Å². The molecule has 0 aliphatic rings. The Morgan fingerprint density at radius 3 is 2.43 bits per heavy atom. The van der Waals surface area contributed by atoms with Crippen molar-refractivity contribution in [3.05, 3.63) is 59.4 Å². The third-order valence-electron chi connectivity index (χ3n) is 3.06. The van der Waals surface area contributed by atoms with E-state index in [0.29, 0.717) is 10.7 Å². The lowest BCUT2D eigenvalue weighted by Gasteiger charge is -2.21. The summed E-state index contributed by atoms with van der Waals surface area (Å²) >= 11 is 7.22. The van der Waals surface area contributed by atoms with Gasteiger partial charge in [-0.2, -0.15) is 5.26 Å². The lowest BCUT2D eigenvalue weighted by molar-refractivity contribution is -0.116. The van der Waals surface area contributed by atoms with Gasteiger partial charge >= 0.3 is 0 Å². The Morgan fingerprint density at radius 2 is 1.83 bits per heavy atom. The van der Waals surface area contributed by atoms with Crippen molar-refractivity contribution < 1.29 is 9.18 Å². The molecule has 0 atom stereocenters. The zero-order chi connectivity index (χ0) is 16.7. The summed E-state index contributed by atoms with van der Waals surface area (Å²) in [5.74, 6) is -0.270. The average Bonchev–Trinajstić information content (AvgIpc) is 2.56. The van der Waals surface area contributed by atoms with Crippen molar-refractivity contribution in [3.8, 4) is 6.07 Å². The predicted molar refractivity (Wildman–Crippen MR) is 91.2 cm³/mol. The quantitative estimate of drug-likeness (QED) is 0.721. The van der Waals surface area contributed by atoms with Crippen LogP contribution >= 0.6 is 23.4 Å². The van der Waals surface area contributed by atoms with Gasteiger partial charge in [0.15, 0.2) is 0 Å². The highest BCUT2D eigenvalue weighted by atomic mass is 35.5. The first kappa shape index (κ1) is 17.3. The van der Waals surface area contributed by atoms with Crippen molar-refractivity contribution in [1.82, 2.24) is 0 Å². The van der Waals surface area contributed by atoms with E-state index in [-0.39, 0.29) is 30.4 Å². The first-order valence-electron chi connectivity index (χ1n) is 6.91. The van der Waals surface area contributed by atoms with E-state index in [9.17, 15) is 9.18 Å². The fourth-order valence-corrected chi connectivity index (χ4v) is 2.83. The van der Waals surface area contributed by atoms with Crippen LogP contribution in [0.1, 0.15) is 6.42 Å². The van der Waals surface area contributed by atoms with Crippen LogP contribution in [0.25, 0.3) is 0 Å². The zero-order valence-corrected chi connectivity index (χ0v) is 13.8. The first-order chi connectivity index (χ1) is 11.1. The Bertz CT molecular complexity index is 698. The number of halogens is 2. The number of thioether (sulfide) groups is 1. The van der Waals surface area contributed by atoms with Crippen LogP contribution < -0.4 is 4.90 Å². The Morgan fingerprint density at radius 1 is 1.17 bits per heavy atom. The van der Waals surface area contributed by atoms with Crippen molar-refractivity contribution >= 4 is 35.0 Å². The normalized spacial score (nSPS) is 10.1. The molecule has 3 nitrogen and oxygen atoms in total.